The van der Waals surface area contributed by atoms with Gasteiger partial charge in [0.25, 0.3) is 5.91 Å². The third-order valence-electron chi connectivity index (χ3n) is 4.12. The average Bonchev–Trinajstić information content (AvgIpc) is 2.85. The summed E-state index contributed by atoms with van der Waals surface area (Å²) in [6.07, 6.45) is 3.88. The van der Waals surface area contributed by atoms with Gasteiger partial charge in [0.2, 0.25) is 0 Å². The van der Waals surface area contributed by atoms with Gasteiger partial charge < -0.3 is 15.2 Å². The number of rotatable bonds is 5. The van der Waals surface area contributed by atoms with E-state index in [1.54, 1.807) is 6.07 Å². The molecule has 1 fully saturated rings. The van der Waals surface area contributed by atoms with Gasteiger partial charge in [-0.1, -0.05) is 13.8 Å². The Morgan fingerprint density at radius 3 is 2.82 bits per heavy atom. The second kappa shape index (κ2) is 7.05. The van der Waals surface area contributed by atoms with Gasteiger partial charge in [0.05, 0.1) is 0 Å². The maximum absolute atomic E-state index is 12.4. The maximum Gasteiger partial charge on any atom is 0.345 e. The molecule has 1 aliphatic rings. The molecule has 6 nitrogen and oxygen atoms in total. The zero-order chi connectivity index (χ0) is 16.3. The lowest BCUT2D eigenvalue weighted by Crippen LogP contribution is -2.46. The molecule has 1 heterocycles. The number of likely N-dealkylation sites (N-methyl/N-ethyl adjacent to an activating group) is 1. The van der Waals surface area contributed by atoms with Gasteiger partial charge in [0, 0.05) is 17.8 Å². The van der Waals surface area contributed by atoms with Crippen LogP contribution in [0.3, 0.4) is 0 Å². The predicted molar refractivity (Wildman–Crippen MR) is 86.0 cm³/mol. The largest absolute Gasteiger partial charge is 0.346 e. The maximum atomic E-state index is 12.4. The summed E-state index contributed by atoms with van der Waals surface area (Å²) in [5.41, 5.74) is 0.512. The van der Waals surface area contributed by atoms with E-state index in [2.05, 4.69) is 34.0 Å². The van der Waals surface area contributed by atoms with Crippen LogP contribution in [-0.2, 0) is 6.42 Å². The molecule has 0 unspecified atom stereocenters. The number of amides is 1. The summed E-state index contributed by atoms with van der Waals surface area (Å²) in [7, 11) is 4.06. The van der Waals surface area contributed by atoms with Crippen molar-refractivity contribution in [3.05, 3.63) is 27.9 Å². The number of aromatic nitrogens is 2. The van der Waals surface area contributed by atoms with Gasteiger partial charge in [-0.3, -0.25) is 4.79 Å². The summed E-state index contributed by atoms with van der Waals surface area (Å²) in [6, 6.07) is 2.16. The number of nitrogens with zero attached hydrogens (tertiary/aromatic N) is 2. The molecule has 0 radical (unpaired) electrons. The molecule has 2 atom stereocenters. The van der Waals surface area contributed by atoms with Gasteiger partial charge in [-0.05, 0) is 51.8 Å². The van der Waals surface area contributed by atoms with Crippen LogP contribution in [-0.4, -0.2) is 47.0 Å². The number of hydrogen-bond donors (Lipinski definition) is 2. The fourth-order valence-corrected chi connectivity index (χ4v) is 3.14. The highest BCUT2D eigenvalue weighted by Crippen LogP contribution is 2.22. The van der Waals surface area contributed by atoms with E-state index in [1.165, 1.54) is 0 Å². The van der Waals surface area contributed by atoms with E-state index in [-0.39, 0.29) is 17.6 Å². The summed E-state index contributed by atoms with van der Waals surface area (Å²) in [5, 5.41) is 3.04. The second-order valence-electron chi connectivity index (χ2n) is 6.74. The Morgan fingerprint density at radius 2 is 2.18 bits per heavy atom. The minimum Gasteiger partial charge on any atom is -0.346 e. The van der Waals surface area contributed by atoms with Crippen molar-refractivity contribution in [1.82, 2.24) is 20.2 Å². The van der Waals surface area contributed by atoms with Crippen molar-refractivity contribution >= 4 is 5.91 Å². The van der Waals surface area contributed by atoms with E-state index in [9.17, 15) is 9.59 Å². The fraction of sp³-hybridized carbons (Fsp3) is 0.688. The van der Waals surface area contributed by atoms with Crippen molar-refractivity contribution in [2.45, 2.75) is 51.6 Å². The monoisotopic (exact) mass is 306 g/mol. The Labute approximate surface area is 131 Å². The molecule has 22 heavy (non-hydrogen) atoms. The molecule has 1 aliphatic carbocycles. The molecule has 0 aromatic carbocycles. The normalized spacial score (nSPS) is 21.5. The molecule has 0 saturated heterocycles. The lowest BCUT2D eigenvalue weighted by Gasteiger charge is -2.26. The minimum atomic E-state index is -0.459. The molecule has 2 rings (SSSR count). The van der Waals surface area contributed by atoms with Gasteiger partial charge >= 0.3 is 5.69 Å². The van der Waals surface area contributed by atoms with E-state index in [0.717, 1.165) is 31.4 Å². The zero-order valence-electron chi connectivity index (χ0n) is 13.8. The minimum absolute atomic E-state index is 0.122. The first-order valence-corrected chi connectivity index (χ1v) is 7.94. The van der Waals surface area contributed by atoms with E-state index in [4.69, 9.17) is 0 Å². The van der Waals surface area contributed by atoms with Crippen LogP contribution in [0.2, 0.25) is 0 Å². The summed E-state index contributed by atoms with van der Waals surface area (Å²) in [5.74, 6) is 0.150. The molecular weight excluding hydrogens is 280 g/mol. The van der Waals surface area contributed by atoms with E-state index >= 15 is 0 Å². The third-order valence-corrected chi connectivity index (χ3v) is 4.12. The van der Waals surface area contributed by atoms with Gasteiger partial charge in [0.1, 0.15) is 5.69 Å². The highest BCUT2D eigenvalue weighted by Gasteiger charge is 2.30. The predicted octanol–water partition coefficient (Wildman–Crippen LogP) is 1.18. The Balaban J connectivity index is 2.12. The number of H-pyrrole nitrogens is 1. The van der Waals surface area contributed by atoms with Crippen LogP contribution in [0.1, 0.15) is 49.3 Å². The molecule has 0 aliphatic heterocycles. The Kier molecular flexibility index (Phi) is 5.34. The van der Waals surface area contributed by atoms with E-state index in [1.807, 2.05) is 14.1 Å². The quantitative estimate of drug-likeness (QED) is 0.856. The molecule has 122 valence electrons. The van der Waals surface area contributed by atoms with Gasteiger partial charge in [-0.15, -0.1) is 0 Å². The Bertz CT molecular complexity index is 580. The van der Waals surface area contributed by atoms with Crippen LogP contribution in [0.15, 0.2) is 10.9 Å². The summed E-state index contributed by atoms with van der Waals surface area (Å²) < 4.78 is 0. The second-order valence-corrected chi connectivity index (χ2v) is 6.74. The lowest BCUT2D eigenvalue weighted by molar-refractivity contribution is 0.0913. The molecular formula is C16H26N4O2. The van der Waals surface area contributed by atoms with Crippen LogP contribution in [0, 0.1) is 5.92 Å². The van der Waals surface area contributed by atoms with Crippen molar-refractivity contribution in [3.8, 4) is 0 Å². The van der Waals surface area contributed by atoms with Crippen LogP contribution in [0.4, 0.5) is 0 Å². The molecule has 6 heteroatoms. The molecule has 1 aromatic rings. The fourth-order valence-electron chi connectivity index (χ4n) is 3.14. The molecule has 1 aromatic heterocycles. The number of hydrogen-bond acceptors (Lipinski definition) is 4. The van der Waals surface area contributed by atoms with Crippen molar-refractivity contribution in [2.24, 2.45) is 5.92 Å². The molecule has 2 N–H and O–H groups in total. The van der Waals surface area contributed by atoms with Crippen molar-refractivity contribution in [2.75, 3.05) is 14.1 Å². The summed E-state index contributed by atoms with van der Waals surface area (Å²) in [6.45, 7) is 4.14. The van der Waals surface area contributed by atoms with Crippen LogP contribution >= 0.6 is 0 Å². The number of carbonyl (C=O) groups is 1. The van der Waals surface area contributed by atoms with Crippen LogP contribution in [0.5, 0.6) is 0 Å². The average molecular weight is 306 g/mol. The van der Waals surface area contributed by atoms with Gasteiger partial charge in [-0.25, -0.2) is 4.79 Å². The Hall–Kier alpha value is -1.69. The van der Waals surface area contributed by atoms with E-state index < -0.39 is 5.69 Å². The Morgan fingerprint density at radius 1 is 1.45 bits per heavy atom. The SMILES string of the molecule is CC(C)Cc1cc(C(=O)N[C@@H]2CCC[C@H]2N(C)C)nc(=O)[nH]1. The molecule has 0 spiro atoms. The highest BCUT2D eigenvalue weighted by molar-refractivity contribution is 5.92. The summed E-state index contributed by atoms with van der Waals surface area (Å²) >= 11 is 0. The van der Waals surface area contributed by atoms with Crippen LogP contribution < -0.4 is 11.0 Å². The topological polar surface area (TPSA) is 78.1 Å². The standard InChI is InChI=1S/C16H26N4O2/c1-10(2)8-11-9-13(19-16(22)17-11)15(21)18-12-6-5-7-14(12)20(3)4/h9-10,12,14H,5-8H2,1-4H3,(H,18,21)(H,17,19,22)/t12-,14-/m1/s1. The van der Waals surface area contributed by atoms with Gasteiger partial charge in [0.15, 0.2) is 0 Å². The molecule has 0 bridgehead atoms. The van der Waals surface area contributed by atoms with Crippen LogP contribution in [0.25, 0.3) is 0 Å². The first kappa shape index (κ1) is 16.7. The van der Waals surface area contributed by atoms with Crippen molar-refractivity contribution in [1.29, 1.82) is 0 Å². The summed E-state index contributed by atoms with van der Waals surface area (Å²) in [4.78, 5) is 32.7. The smallest absolute Gasteiger partial charge is 0.345 e. The van der Waals surface area contributed by atoms with Gasteiger partial charge in [-0.2, -0.15) is 4.98 Å². The molecule has 1 amide bonds. The number of carbonyl (C=O) groups excluding carboxylic acids is 1. The zero-order valence-corrected chi connectivity index (χ0v) is 13.8. The number of nitrogens with one attached hydrogen (secondary N) is 2. The van der Waals surface area contributed by atoms with Crippen molar-refractivity contribution < 1.29 is 4.79 Å². The number of aromatic amines is 1. The highest BCUT2D eigenvalue weighted by atomic mass is 16.2. The lowest BCUT2D eigenvalue weighted by atomic mass is 10.1. The first-order chi connectivity index (χ1) is 10.4. The molecule has 1 saturated carbocycles. The first-order valence-electron chi connectivity index (χ1n) is 7.94. The third kappa shape index (κ3) is 4.16. The van der Waals surface area contributed by atoms with E-state index in [0.29, 0.717) is 12.0 Å². The van der Waals surface area contributed by atoms with Crippen molar-refractivity contribution in [3.63, 3.8) is 0 Å².